The highest BCUT2D eigenvalue weighted by molar-refractivity contribution is 7.88. The fraction of sp³-hybridized carbons (Fsp3) is 0.0769. The van der Waals surface area contributed by atoms with E-state index in [1.165, 1.54) is 12.1 Å². The van der Waals surface area contributed by atoms with E-state index in [4.69, 9.17) is 4.74 Å². The van der Waals surface area contributed by atoms with Gasteiger partial charge in [-0.2, -0.15) is 21.6 Å². The standard InChI is InChI=1S/C13H9F3O4S/c14-13(15,16)21(17,18)20-12-8-4-7-11(9-12)19-10-5-2-1-3-6-10/h1-9H. The lowest BCUT2D eigenvalue weighted by Crippen LogP contribution is -2.28. The van der Waals surface area contributed by atoms with Crippen LogP contribution in [0.5, 0.6) is 17.2 Å². The molecule has 0 bridgehead atoms. The Labute approximate surface area is 118 Å². The van der Waals surface area contributed by atoms with E-state index < -0.39 is 21.4 Å². The van der Waals surface area contributed by atoms with E-state index in [-0.39, 0.29) is 5.75 Å². The van der Waals surface area contributed by atoms with Gasteiger partial charge < -0.3 is 8.92 Å². The molecule has 0 radical (unpaired) electrons. The first kappa shape index (κ1) is 15.2. The fourth-order valence-electron chi connectivity index (χ4n) is 1.39. The Hall–Kier alpha value is -2.22. The van der Waals surface area contributed by atoms with Crippen LogP contribution in [0.2, 0.25) is 0 Å². The molecular weight excluding hydrogens is 309 g/mol. The van der Waals surface area contributed by atoms with Gasteiger partial charge >= 0.3 is 15.6 Å². The molecule has 0 unspecified atom stereocenters. The molecule has 0 amide bonds. The Bertz CT molecular complexity index is 712. The third-order valence-electron chi connectivity index (χ3n) is 2.27. The second-order valence-corrected chi connectivity index (χ2v) is 5.41. The molecule has 21 heavy (non-hydrogen) atoms. The molecule has 0 saturated carbocycles. The predicted octanol–water partition coefficient (Wildman–Crippen LogP) is 3.71. The lowest BCUT2D eigenvalue weighted by atomic mass is 10.3. The van der Waals surface area contributed by atoms with Crippen molar-refractivity contribution in [3.8, 4) is 17.2 Å². The van der Waals surface area contributed by atoms with E-state index in [2.05, 4.69) is 4.18 Å². The summed E-state index contributed by atoms with van der Waals surface area (Å²) < 4.78 is 67.8. The van der Waals surface area contributed by atoms with Gasteiger partial charge in [-0.05, 0) is 24.3 Å². The third-order valence-corrected chi connectivity index (χ3v) is 3.25. The molecule has 0 N–H and O–H groups in total. The molecule has 0 aliphatic carbocycles. The predicted molar refractivity (Wildman–Crippen MR) is 68.6 cm³/mol. The van der Waals surface area contributed by atoms with Gasteiger partial charge in [0.1, 0.15) is 17.2 Å². The molecule has 0 spiro atoms. The number of hydrogen-bond acceptors (Lipinski definition) is 4. The fourth-order valence-corrected chi connectivity index (χ4v) is 1.84. The van der Waals surface area contributed by atoms with Gasteiger partial charge in [-0.25, -0.2) is 0 Å². The van der Waals surface area contributed by atoms with Gasteiger partial charge in [0.15, 0.2) is 0 Å². The minimum Gasteiger partial charge on any atom is -0.457 e. The summed E-state index contributed by atoms with van der Waals surface area (Å²) in [5, 5.41) is 0. The van der Waals surface area contributed by atoms with Gasteiger partial charge in [-0.15, -0.1) is 0 Å². The second-order valence-electron chi connectivity index (χ2n) is 3.87. The zero-order chi connectivity index (χ0) is 15.5. The second kappa shape index (κ2) is 5.65. The maximum absolute atomic E-state index is 12.2. The Kier molecular flexibility index (Phi) is 4.08. The molecule has 2 aromatic carbocycles. The van der Waals surface area contributed by atoms with Crippen molar-refractivity contribution in [2.24, 2.45) is 0 Å². The number of hydrogen-bond donors (Lipinski definition) is 0. The van der Waals surface area contributed by atoms with Crippen molar-refractivity contribution in [3.05, 3.63) is 54.6 Å². The van der Waals surface area contributed by atoms with Crippen LogP contribution in [-0.4, -0.2) is 13.9 Å². The van der Waals surface area contributed by atoms with Crippen LogP contribution in [0.3, 0.4) is 0 Å². The zero-order valence-electron chi connectivity index (χ0n) is 10.4. The lowest BCUT2D eigenvalue weighted by molar-refractivity contribution is -0.0500. The summed E-state index contributed by atoms with van der Waals surface area (Å²) in [5.41, 5.74) is -5.48. The van der Waals surface area contributed by atoms with Crippen LogP contribution >= 0.6 is 0 Å². The van der Waals surface area contributed by atoms with Gasteiger partial charge in [-0.1, -0.05) is 24.3 Å². The molecular formula is C13H9F3O4S. The highest BCUT2D eigenvalue weighted by atomic mass is 32.2. The van der Waals surface area contributed by atoms with Gasteiger partial charge in [0.05, 0.1) is 0 Å². The van der Waals surface area contributed by atoms with Crippen molar-refractivity contribution in [1.29, 1.82) is 0 Å². The van der Waals surface area contributed by atoms with Crippen LogP contribution in [0.4, 0.5) is 13.2 Å². The number of para-hydroxylation sites is 1. The quantitative estimate of drug-likeness (QED) is 0.637. The Morgan fingerprint density at radius 2 is 1.38 bits per heavy atom. The molecule has 0 aliphatic heterocycles. The van der Waals surface area contributed by atoms with Crippen LogP contribution in [0, 0.1) is 0 Å². The van der Waals surface area contributed by atoms with Crippen molar-refractivity contribution < 1.29 is 30.5 Å². The Morgan fingerprint density at radius 1 is 0.810 bits per heavy atom. The minimum absolute atomic E-state index is 0.149. The molecule has 2 rings (SSSR count). The molecule has 4 nitrogen and oxygen atoms in total. The lowest BCUT2D eigenvalue weighted by Gasteiger charge is -2.10. The first-order valence-electron chi connectivity index (χ1n) is 5.62. The number of alkyl halides is 3. The third kappa shape index (κ3) is 3.88. The van der Waals surface area contributed by atoms with Gasteiger partial charge in [0.2, 0.25) is 0 Å². The molecule has 0 fully saturated rings. The summed E-state index contributed by atoms with van der Waals surface area (Å²) in [4.78, 5) is 0. The Morgan fingerprint density at radius 3 is 2.00 bits per heavy atom. The summed E-state index contributed by atoms with van der Waals surface area (Å²) in [6.45, 7) is 0. The van der Waals surface area contributed by atoms with Crippen LogP contribution < -0.4 is 8.92 Å². The average Bonchev–Trinajstić information content (AvgIpc) is 2.38. The highest BCUT2D eigenvalue weighted by Crippen LogP contribution is 2.30. The molecule has 0 aliphatic rings. The molecule has 2 aromatic rings. The number of benzene rings is 2. The first-order valence-corrected chi connectivity index (χ1v) is 7.02. The largest absolute Gasteiger partial charge is 0.534 e. The smallest absolute Gasteiger partial charge is 0.457 e. The van der Waals surface area contributed by atoms with Crippen LogP contribution in [0.1, 0.15) is 0 Å². The van der Waals surface area contributed by atoms with Crippen molar-refractivity contribution in [3.63, 3.8) is 0 Å². The molecule has 0 aromatic heterocycles. The number of rotatable bonds is 4. The molecule has 8 heteroatoms. The van der Waals surface area contributed by atoms with Gasteiger partial charge in [0.25, 0.3) is 0 Å². The molecule has 0 heterocycles. The number of halogens is 3. The van der Waals surface area contributed by atoms with E-state index >= 15 is 0 Å². The van der Waals surface area contributed by atoms with Crippen LogP contribution in [0.25, 0.3) is 0 Å². The van der Waals surface area contributed by atoms with Crippen molar-refractivity contribution in [1.82, 2.24) is 0 Å². The highest BCUT2D eigenvalue weighted by Gasteiger charge is 2.48. The maximum atomic E-state index is 12.2. The minimum atomic E-state index is -5.70. The van der Waals surface area contributed by atoms with Crippen molar-refractivity contribution in [2.75, 3.05) is 0 Å². The summed E-state index contributed by atoms with van der Waals surface area (Å²) in [5.74, 6) is 0.116. The van der Waals surface area contributed by atoms with E-state index in [9.17, 15) is 21.6 Å². The first-order chi connectivity index (χ1) is 9.78. The maximum Gasteiger partial charge on any atom is 0.534 e. The van der Waals surface area contributed by atoms with E-state index in [1.54, 1.807) is 30.3 Å². The van der Waals surface area contributed by atoms with Gasteiger partial charge in [-0.3, -0.25) is 0 Å². The normalized spacial score (nSPS) is 12.0. The monoisotopic (exact) mass is 318 g/mol. The van der Waals surface area contributed by atoms with E-state index in [1.807, 2.05) is 0 Å². The molecule has 112 valence electrons. The Balaban J connectivity index is 2.19. The summed E-state index contributed by atoms with van der Waals surface area (Å²) >= 11 is 0. The average molecular weight is 318 g/mol. The summed E-state index contributed by atoms with van der Waals surface area (Å²) in [6, 6.07) is 13.4. The zero-order valence-corrected chi connectivity index (χ0v) is 11.2. The molecule has 0 saturated heterocycles. The summed E-state index contributed by atoms with van der Waals surface area (Å²) in [7, 11) is -5.70. The van der Waals surface area contributed by atoms with E-state index in [0.29, 0.717) is 5.75 Å². The van der Waals surface area contributed by atoms with Crippen molar-refractivity contribution >= 4 is 10.1 Å². The van der Waals surface area contributed by atoms with Crippen molar-refractivity contribution in [2.45, 2.75) is 5.51 Å². The molecule has 0 atom stereocenters. The SMILES string of the molecule is O=S(=O)(Oc1cccc(Oc2ccccc2)c1)C(F)(F)F. The van der Waals surface area contributed by atoms with Gasteiger partial charge in [0, 0.05) is 6.07 Å². The summed E-state index contributed by atoms with van der Waals surface area (Å²) in [6.07, 6.45) is 0. The van der Waals surface area contributed by atoms with Crippen LogP contribution in [0.15, 0.2) is 54.6 Å². The van der Waals surface area contributed by atoms with E-state index in [0.717, 1.165) is 12.1 Å². The topological polar surface area (TPSA) is 52.6 Å². The number of ether oxygens (including phenoxy) is 1. The van der Waals surface area contributed by atoms with Crippen LogP contribution in [-0.2, 0) is 10.1 Å².